The lowest BCUT2D eigenvalue weighted by atomic mass is 9.85. The van der Waals surface area contributed by atoms with Crippen molar-refractivity contribution in [2.45, 2.75) is 63.6 Å². The fraction of sp³-hybridized carbons (Fsp3) is 0.846. The molecular formula is C13H24N4O. The van der Waals surface area contributed by atoms with Crippen LogP contribution in [0.1, 0.15) is 45.4 Å². The average molecular weight is 252 g/mol. The second kappa shape index (κ2) is 6.29. The monoisotopic (exact) mass is 252 g/mol. The Hall–Kier alpha value is -0.940. The number of nitrogens with one attached hydrogen (secondary N) is 1. The van der Waals surface area contributed by atoms with Crippen molar-refractivity contribution in [3.63, 3.8) is 0 Å². The summed E-state index contributed by atoms with van der Waals surface area (Å²) in [5.74, 6) is 0. The summed E-state index contributed by atoms with van der Waals surface area (Å²) in [7, 11) is 0. The average Bonchev–Trinajstić information content (AvgIpc) is 2.88. The molecule has 1 unspecified atom stereocenters. The van der Waals surface area contributed by atoms with Gasteiger partial charge in [0.15, 0.2) is 0 Å². The predicted molar refractivity (Wildman–Crippen MR) is 70.1 cm³/mol. The molecule has 0 bridgehead atoms. The van der Waals surface area contributed by atoms with Gasteiger partial charge in [-0.3, -0.25) is 4.68 Å². The molecule has 1 saturated carbocycles. The summed E-state index contributed by atoms with van der Waals surface area (Å²) in [6.07, 6.45) is 9.76. The summed E-state index contributed by atoms with van der Waals surface area (Å²) in [6.45, 7) is 3.74. The Morgan fingerprint density at radius 3 is 2.83 bits per heavy atom. The van der Waals surface area contributed by atoms with Crippen molar-refractivity contribution in [1.82, 2.24) is 20.1 Å². The standard InChI is InChI=1S/C13H24N4O/c1-12(5-8-17-11-14-10-16-17)15-9-13(18)6-3-2-4-7-13/h10-12,15,18H,2-9H2,1H3. The van der Waals surface area contributed by atoms with Gasteiger partial charge in [-0.05, 0) is 26.2 Å². The van der Waals surface area contributed by atoms with Gasteiger partial charge in [-0.2, -0.15) is 5.10 Å². The predicted octanol–water partition coefficient (Wildman–Crippen LogP) is 1.34. The molecule has 0 saturated heterocycles. The molecule has 1 aromatic rings. The maximum absolute atomic E-state index is 10.4. The van der Waals surface area contributed by atoms with E-state index in [1.54, 1.807) is 12.7 Å². The third-order valence-electron chi connectivity index (χ3n) is 3.82. The summed E-state index contributed by atoms with van der Waals surface area (Å²) in [5, 5.41) is 17.9. The zero-order valence-electron chi connectivity index (χ0n) is 11.2. The second-order valence-electron chi connectivity index (χ2n) is 5.51. The van der Waals surface area contributed by atoms with E-state index in [9.17, 15) is 5.11 Å². The fourth-order valence-electron chi connectivity index (χ4n) is 2.53. The molecule has 102 valence electrons. The lowest BCUT2D eigenvalue weighted by molar-refractivity contribution is 0.00276. The molecule has 0 amide bonds. The lowest BCUT2D eigenvalue weighted by Gasteiger charge is -2.33. The summed E-state index contributed by atoms with van der Waals surface area (Å²) in [5.41, 5.74) is -0.472. The molecule has 0 radical (unpaired) electrons. The number of hydrogen-bond acceptors (Lipinski definition) is 4. The van der Waals surface area contributed by atoms with Gasteiger partial charge in [0.05, 0.1) is 5.60 Å². The molecule has 18 heavy (non-hydrogen) atoms. The topological polar surface area (TPSA) is 63.0 Å². The number of aromatic nitrogens is 3. The molecule has 1 heterocycles. The summed E-state index contributed by atoms with van der Waals surface area (Å²) in [4.78, 5) is 3.92. The molecule has 1 aliphatic rings. The summed E-state index contributed by atoms with van der Waals surface area (Å²) in [6, 6.07) is 0.389. The van der Waals surface area contributed by atoms with Gasteiger partial charge in [-0.1, -0.05) is 19.3 Å². The molecule has 1 aliphatic carbocycles. The van der Waals surface area contributed by atoms with Crippen LogP contribution in [-0.2, 0) is 6.54 Å². The first-order valence-electron chi connectivity index (χ1n) is 6.96. The molecule has 2 N–H and O–H groups in total. The summed E-state index contributed by atoms with van der Waals surface area (Å²) < 4.78 is 1.84. The normalized spacial score (nSPS) is 20.8. The van der Waals surface area contributed by atoms with Gasteiger partial charge >= 0.3 is 0 Å². The van der Waals surface area contributed by atoms with E-state index in [-0.39, 0.29) is 0 Å². The van der Waals surface area contributed by atoms with E-state index in [2.05, 4.69) is 22.3 Å². The SMILES string of the molecule is CC(CCn1cncn1)NCC1(O)CCCCC1. The van der Waals surface area contributed by atoms with Crippen LogP contribution in [0.15, 0.2) is 12.7 Å². The van der Waals surface area contributed by atoms with Crippen LogP contribution in [0.5, 0.6) is 0 Å². The fourth-order valence-corrected chi connectivity index (χ4v) is 2.53. The van der Waals surface area contributed by atoms with Gasteiger partial charge in [0.25, 0.3) is 0 Å². The smallest absolute Gasteiger partial charge is 0.137 e. The van der Waals surface area contributed by atoms with E-state index in [0.717, 1.165) is 38.6 Å². The van der Waals surface area contributed by atoms with Crippen LogP contribution in [0, 0.1) is 0 Å². The van der Waals surface area contributed by atoms with Crippen molar-refractivity contribution in [3.8, 4) is 0 Å². The highest BCUT2D eigenvalue weighted by atomic mass is 16.3. The highest BCUT2D eigenvalue weighted by Gasteiger charge is 2.28. The molecule has 1 aromatic heterocycles. The minimum atomic E-state index is -0.472. The lowest BCUT2D eigenvalue weighted by Crippen LogP contribution is -2.45. The van der Waals surface area contributed by atoms with Crippen LogP contribution in [0.4, 0.5) is 0 Å². The minimum Gasteiger partial charge on any atom is -0.389 e. The highest BCUT2D eigenvalue weighted by Crippen LogP contribution is 2.27. The maximum Gasteiger partial charge on any atom is 0.137 e. The quantitative estimate of drug-likeness (QED) is 0.802. The zero-order valence-corrected chi connectivity index (χ0v) is 11.2. The van der Waals surface area contributed by atoms with E-state index < -0.39 is 5.60 Å². The molecule has 1 fully saturated rings. The first-order chi connectivity index (χ1) is 8.68. The Morgan fingerprint density at radius 1 is 1.39 bits per heavy atom. The van der Waals surface area contributed by atoms with Crippen LogP contribution in [0.3, 0.4) is 0 Å². The highest BCUT2D eigenvalue weighted by molar-refractivity contribution is 4.85. The molecular weight excluding hydrogens is 228 g/mol. The van der Waals surface area contributed by atoms with Crippen LogP contribution in [-0.4, -0.2) is 38.1 Å². The molecule has 0 spiro atoms. The van der Waals surface area contributed by atoms with Crippen LogP contribution in [0.25, 0.3) is 0 Å². The Balaban J connectivity index is 1.66. The van der Waals surface area contributed by atoms with Crippen molar-refractivity contribution < 1.29 is 5.11 Å². The Labute approximate surface area is 109 Å². The van der Waals surface area contributed by atoms with Crippen molar-refractivity contribution >= 4 is 0 Å². The molecule has 5 nitrogen and oxygen atoms in total. The molecule has 1 atom stereocenters. The van der Waals surface area contributed by atoms with Gasteiger partial charge in [-0.25, -0.2) is 4.98 Å². The first kappa shape index (κ1) is 13.5. The number of rotatable bonds is 6. The van der Waals surface area contributed by atoms with Crippen LogP contribution >= 0.6 is 0 Å². The number of nitrogens with zero attached hydrogens (tertiary/aromatic N) is 3. The van der Waals surface area contributed by atoms with E-state index in [1.165, 1.54) is 6.42 Å². The van der Waals surface area contributed by atoms with E-state index in [0.29, 0.717) is 12.6 Å². The van der Waals surface area contributed by atoms with Gasteiger partial charge in [-0.15, -0.1) is 0 Å². The van der Waals surface area contributed by atoms with Gasteiger partial charge in [0, 0.05) is 19.1 Å². The number of aliphatic hydroxyl groups is 1. The second-order valence-corrected chi connectivity index (χ2v) is 5.51. The van der Waals surface area contributed by atoms with Gasteiger partial charge in [0.1, 0.15) is 12.7 Å². The van der Waals surface area contributed by atoms with Gasteiger partial charge in [0.2, 0.25) is 0 Å². The third kappa shape index (κ3) is 4.07. The molecule has 0 aromatic carbocycles. The van der Waals surface area contributed by atoms with E-state index in [4.69, 9.17) is 0 Å². The van der Waals surface area contributed by atoms with Crippen LogP contribution in [0.2, 0.25) is 0 Å². The molecule has 2 rings (SSSR count). The third-order valence-corrected chi connectivity index (χ3v) is 3.82. The summed E-state index contributed by atoms with van der Waals surface area (Å²) >= 11 is 0. The molecule has 0 aliphatic heterocycles. The number of aryl methyl sites for hydroxylation is 1. The van der Waals surface area contributed by atoms with Crippen molar-refractivity contribution in [3.05, 3.63) is 12.7 Å². The first-order valence-corrected chi connectivity index (χ1v) is 6.96. The van der Waals surface area contributed by atoms with Crippen molar-refractivity contribution in [1.29, 1.82) is 0 Å². The van der Waals surface area contributed by atoms with Crippen LogP contribution < -0.4 is 5.32 Å². The Morgan fingerprint density at radius 2 is 2.17 bits per heavy atom. The van der Waals surface area contributed by atoms with Crippen molar-refractivity contribution in [2.75, 3.05) is 6.54 Å². The van der Waals surface area contributed by atoms with E-state index in [1.807, 2.05) is 4.68 Å². The zero-order chi connectivity index (χ0) is 12.8. The van der Waals surface area contributed by atoms with Crippen molar-refractivity contribution in [2.24, 2.45) is 0 Å². The largest absolute Gasteiger partial charge is 0.389 e. The minimum absolute atomic E-state index is 0.389. The number of hydrogen-bond donors (Lipinski definition) is 2. The van der Waals surface area contributed by atoms with E-state index >= 15 is 0 Å². The maximum atomic E-state index is 10.4. The van der Waals surface area contributed by atoms with Gasteiger partial charge < -0.3 is 10.4 Å². The Bertz CT molecular complexity index is 333. The molecule has 5 heteroatoms. The Kier molecular flexibility index (Phi) is 4.72.